The fourth-order valence-electron chi connectivity index (χ4n) is 3.61. The molecule has 4 nitrogen and oxygen atoms in total. The normalized spacial score (nSPS) is 32.5. The van der Waals surface area contributed by atoms with Crippen LogP contribution in [-0.2, 0) is 18.9 Å². The summed E-state index contributed by atoms with van der Waals surface area (Å²) in [6, 6.07) is 0. The predicted octanol–water partition coefficient (Wildman–Crippen LogP) is 1.85. The van der Waals surface area contributed by atoms with Crippen molar-refractivity contribution >= 4 is 0 Å². The minimum Gasteiger partial charge on any atom is -0.347 e. The van der Waals surface area contributed by atoms with E-state index in [0.29, 0.717) is 26.4 Å². The quantitative estimate of drug-likeness (QED) is 0.690. The van der Waals surface area contributed by atoms with Crippen molar-refractivity contribution in [1.29, 1.82) is 0 Å². The molecule has 4 heteroatoms. The van der Waals surface area contributed by atoms with Gasteiger partial charge < -0.3 is 18.9 Å². The molecule has 0 aromatic rings. The fourth-order valence-corrected chi connectivity index (χ4v) is 3.61. The summed E-state index contributed by atoms with van der Waals surface area (Å²) < 4.78 is 23.7. The lowest BCUT2D eigenvalue weighted by atomic mass is 9.76. The SMILES string of the molecule is C=CCC1(C)C2(CCC13OCCO3)OCCO2. The zero-order chi connectivity index (χ0) is 12.0. The van der Waals surface area contributed by atoms with Crippen LogP contribution in [0.15, 0.2) is 12.7 Å². The second-order valence-electron chi connectivity index (χ2n) is 5.22. The summed E-state index contributed by atoms with van der Waals surface area (Å²) in [7, 11) is 0. The van der Waals surface area contributed by atoms with Gasteiger partial charge in [0.05, 0.1) is 31.8 Å². The Balaban J connectivity index is 2.00. The van der Waals surface area contributed by atoms with Crippen molar-refractivity contribution in [3.63, 3.8) is 0 Å². The molecular formula is C13H20O4. The van der Waals surface area contributed by atoms with Gasteiger partial charge in [-0.25, -0.2) is 0 Å². The summed E-state index contributed by atoms with van der Waals surface area (Å²) >= 11 is 0. The summed E-state index contributed by atoms with van der Waals surface area (Å²) in [5.74, 6) is -1.10. The van der Waals surface area contributed by atoms with Gasteiger partial charge in [0.1, 0.15) is 0 Å². The van der Waals surface area contributed by atoms with Crippen molar-refractivity contribution in [2.45, 2.75) is 37.8 Å². The van der Waals surface area contributed by atoms with Crippen molar-refractivity contribution < 1.29 is 18.9 Å². The van der Waals surface area contributed by atoms with Gasteiger partial charge in [0, 0.05) is 12.8 Å². The molecular weight excluding hydrogens is 220 g/mol. The molecule has 0 radical (unpaired) electrons. The molecule has 96 valence electrons. The molecule has 0 aromatic carbocycles. The van der Waals surface area contributed by atoms with Gasteiger partial charge in [0.2, 0.25) is 0 Å². The first kappa shape index (κ1) is 11.7. The first-order valence-corrected chi connectivity index (χ1v) is 6.35. The maximum atomic E-state index is 5.93. The number of hydrogen-bond donors (Lipinski definition) is 0. The maximum absolute atomic E-state index is 5.93. The molecule has 2 spiro atoms. The maximum Gasteiger partial charge on any atom is 0.179 e. The first-order chi connectivity index (χ1) is 8.18. The van der Waals surface area contributed by atoms with E-state index in [1.807, 2.05) is 6.08 Å². The fraction of sp³-hybridized carbons (Fsp3) is 0.846. The molecule has 0 bridgehead atoms. The monoisotopic (exact) mass is 240 g/mol. The number of rotatable bonds is 2. The van der Waals surface area contributed by atoms with Crippen molar-refractivity contribution in [3.8, 4) is 0 Å². The van der Waals surface area contributed by atoms with Gasteiger partial charge in [0.15, 0.2) is 11.6 Å². The van der Waals surface area contributed by atoms with Crippen molar-refractivity contribution in [2.75, 3.05) is 26.4 Å². The minimum absolute atomic E-state index is 0.311. The Bertz CT molecular complexity index is 289. The molecule has 0 unspecified atom stereocenters. The van der Waals surface area contributed by atoms with E-state index in [9.17, 15) is 0 Å². The second-order valence-corrected chi connectivity index (χ2v) is 5.22. The van der Waals surface area contributed by atoms with Crippen LogP contribution in [0.5, 0.6) is 0 Å². The highest BCUT2D eigenvalue weighted by molar-refractivity contribution is 5.12. The Morgan fingerprint density at radius 2 is 1.35 bits per heavy atom. The van der Waals surface area contributed by atoms with E-state index in [-0.39, 0.29) is 5.41 Å². The van der Waals surface area contributed by atoms with Gasteiger partial charge in [-0.2, -0.15) is 0 Å². The van der Waals surface area contributed by atoms with Gasteiger partial charge in [0.25, 0.3) is 0 Å². The van der Waals surface area contributed by atoms with Crippen LogP contribution in [0.1, 0.15) is 26.2 Å². The summed E-state index contributed by atoms with van der Waals surface area (Å²) in [5, 5.41) is 0. The molecule has 0 aromatic heterocycles. The summed E-state index contributed by atoms with van der Waals surface area (Å²) in [5.41, 5.74) is -0.311. The lowest BCUT2D eigenvalue weighted by Crippen LogP contribution is -2.54. The van der Waals surface area contributed by atoms with Gasteiger partial charge in [-0.3, -0.25) is 0 Å². The number of allylic oxidation sites excluding steroid dienone is 1. The average Bonchev–Trinajstić information content (AvgIpc) is 3.01. The van der Waals surface area contributed by atoms with Crippen LogP contribution in [-0.4, -0.2) is 38.0 Å². The lowest BCUT2D eigenvalue weighted by Gasteiger charge is -2.45. The third kappa shape index (κ3) is 1.32. The molecule has 1 aliphatic carbocycles. The van der Waals surface area contributed by atoms with Crippen LogP contribution in [0.25, 0.3) is 0 Å². The topological polar surface area (TPSA) is 36.9 Å². The molecule has 0 amide bonds. The molecule has 3 aliphatic rings. The van der Waals surface area contributed by atoms with E-state index >= 15 is 0 Å². The predicted molar refractivity (Wildman–Crippen MR) is 61.4 cm³/mol. The van der Waals surface area contributed by atoms with Crippen molar-refractivity contribution in [1.82, 2.24) is 0 Å². The highest BCUT2D eigenvalue weighted by Crippen LogP contribution is 2.61. The molecule has 0 atom stereocenters. The number of hydrogen-bond acceptors (Lipinski definition) is 4. The van der Waals surface area contributed by atoms with Crippen LogP contribution < -0.4 is 0 Å². The zero-order valence-electron chi connectivity index (χ0n) is 10.4. The molecule has 3 rings (SSSR count). The minimum atomic E-state index is -0.550. The van der Waals surface area contributed by atoms with Gasteiger partial charge in [-0.15, -0.1) is 6.58 Å². The molecule has 17 heavy (non-hydrogen) atoms. The molecule has 3 fully saturated rings. The summed E-state index contributed by atoms with van der Waals surface area (Å²) in [6.07, 6.45) is 4.34. The third-order valence-electron chi connectivity index (χ3n) is 4.52. The largest absolute Gasteiger partial charge is 0.347 e. The van der Waals surface area contributed by atoms with E-state index < -0.39 is 11.6 Å². The number of ether oxygens (including phenoxy) is 4. The Morgan fingerprint density at radius 3 is 1.71 bits per heavy atom. The average molecular weight is 240 g/mol. The van der Waals surface area contributed by atoms with E-state index in [1.54, 1.807) is 0 Å². The van der Waals surface area contributed by atoms with Crippen LogP contribution >= 0.6 is 0 Å². The zero-order valence-corrected chi connectivity index (χ0v) is 10.4. The lowest BCUT2D eigenvalue weighted by molar-refractivity contribution is -0.298. The molecule has 1 saturated carbocycles. The molecule has 2 heterocycles. The highest BCUT2D eigenvalue weighted by Gasteiger charge is 2.70. The molecule has 2 aliphatic heterocycles. The smallest absolute Gasteiger partial charge is 0.179 e. The van der Waals surface area contributed by atoms with Gasteiger partial charge >= 0.3 is 0 Å². The summed E-state index contributed by atoms with van der Waals surface area (Å²) in [6.45, 7) is 8.62. The Kier molecular flexibility index (Phi) is 2.60. The van der Waals surface area contributed by atoms with Crippen molar-refractivity contribution in [2.24, 2.45) is 5.41 Å². The van der Waals surface area contributed by atoms with E-state index in [2.05, 4.69) is 13.5 Å². The van der Waals surface area contributed by atoms with Crippen LogP contribution in [0.4, 0.5) is 0 Å². The van der Waals surface area contributed by atoms with Gasteiger partial charge in [-0.1, -0.05) is 6.08 Å². The third-order valence-corrected chi connectivity index (χ3v) is 4.52. The molecule has 0 N–H and O–H groups in total. The van der Waals surface area contributed by atoms with E-state index in [4.69, 9.17) is 18.9 Å². The summed E-state index contributed by atoms with van der Waals surface area (Å²) in [4.78, 5) is 0. The van der Waals surface area contributed by atoms with Gasteiger partial charge in [-0.05, 0) is 13.3 Å². The standard InChI is InChI=1S/C13H20O4/c1-3-4-11(2)12(14-7-8-15-12)5-6-13(11)16-9-10-17-13/h3H,1,4-10H2,2H3. The van der Waals surface area contributed by atoms with E-state index in [1.165, 1.54) is 0 Å². The van der Waals surface area contributed by atoms with Crippen LogP contribution in [0.3, 0.4) is 0 Å². The van der Waals surface area contributed by atoms with Crippen molar-refractivity contribution in [3.05, 3.63) is 12.7 Å². The highest BCUT2D eigenvalue weighted by atomic mass is 16.8. The van der Waals surface area contributed by atoms with E-state index in [0.717, 1.165) is 19.3 Å². The Hall–Kier alpha value is -0.420. The second kappa shape index (κ2) is 3.79. The molecule has 2 saturated heterocycles. The Labute approximate surface area is 102 Å². The van der Waals surface area contributed by atoms with Crippen LogP contribution in [0, 0.1) is 5.41 Å². The first-order valence-electron chi connectivity index (χ1n) is 6.35. The Morgan fingerprint density at radius 1 is 0.941 bits per heavy atom. The van der Waals surface area contributed by atoms with Crippen LogP contribution in [0.2, 0.25) is 0 Å².